The van der Waals surface area contributed by atoms with Crippen LogP contribution in [0.25, 0.3) is 0 Å². The SMILES string of the molecule is CCCCCCCC1CCC(C2C=CC=CC2c2cc(F)cc(F)c2)CC1. The lowest BCUT2D eigenvalue weighted by molar-refractivity contribution is 0.209. The Hall–Kier alpha value is -1.44. The second-order valence-electron chi connectivity index (χ2n) is 8.56. The van der Waals surface area contributed by atoms with Crippen LogP contribution in [0.3, 0.4) is 0 Å². The monoisotopic (exact) mass is 372 g/mol. The van der Waals surface area contributed by atoms with Crippen LogP contribution in [-0.4, -0.2) is 0 Å². The second kappa shape index (κ2) is 10.2. The molecule has 3 rings (SSSR count). The number of allylic oxidation sites excluding steroid dienone is 4. The van der Waals surface area contributed by atoms with Gasteiger partial charge in [-0.25, -0.2) is 8.78 Å². The summed E-state index contributed by atoms with van der Waals surface area (Å²) in [5.74, 6) is 1.02. The van der Waals surface area contributed by atoms with Crippen LogP contribution in [-0.2, 0) is 0 Å². The summed E-state index contributed by atoms with van der Waals surface area (Å²) in [4.78, 5) is 0. The molecular formula is C25H34F2. The van der Waals surface area contributed by atoms with Crippen LogP contribution in [0.1, 0.15) is 82.6 Å². The highest BCUT2D eigenvalue weighted by Gasteiger charge is 2.32. The third-order valence-corrected chi connectivity index (χ3v) is 6.60. The van der Waals surface area contributed by atoms with Gasteiger partial charge >= 0.3 is 0 Å². The molecule has 0 radical (unpaired) electrons. The molecular weight excluding hydrogens is 338 g/mol. The van der Waals surface area contributed by atoms with Gasteiger partial charge in [0.15, 0.2) is 0 Å². The number of hydrogen-bond acceptors (Lipinski definition) is 0. The van der Waals surface area contributed by atoms with Gasteiger partial charge in [0.25, 0.3) is 0 Å². The topological polar surface area (TPSA) is 0 Å². The molecule has 1 aromatic rings. The van der Waals surface area contributed by atoms with Crippen LogP contribution in [0.15, 0.2) is 42.5 Å². The summed E-state index contributed by atoms with van der Waals surface area (Å²) in [6.45, 7) is 2.27. The van der Waals surface area contributed by atoms with E-state index in [0.717, 1.165) is 17.5 Å². The van der Waals surface area contributed by atoms with Crippen molar-refractivity contribution in [2.24, 2.45) is 17.8 Å². The maximum absolute atomic E-state index is 13.7. The van der Waals surface area contributed by atoms with Gasteiger partial charge in [-0.1, -0.05) is 82.6 Å². The van der Waals surface area contributed by atoms with E-state index in [1.807, 2.05) is 6.08 Å². The van der Waals surface area contributed by atoms with E-state index in [4.69, 9.17) is 0 Å². The van der Waals surface area contributed by atoms with E-state index >= 15 is 0 Å². The zero-order valence-electron chi connectivity index (χ0n) is 16.7. The van der Waals surface area contributed by atoms with E-state index in [0.29, 0.717) is 11.8 Å². The van der Waals surface area contributed by atoms with Crippen molar-refractivity contribution in [2.75, 3.05) is 0 Å². The maximum atomic E-state index is 13.7. The van der Waals surface area contributed by atoms with Gasteiger partial charge < -0.3 is 0 Å². The van der Waals surface area contributed by atoms with Crippen molar-refractivity contribution < 1.29 is 8.78 Å². The van der Waals surface area contributed by atoms with E-state index in [1.54, 1.807) is 0 Å². The first-order valence-electron chi connectivity index (χ1n) is 11.0. The summed E-state index contributed by atoms with van der Waals surface area (Å²) in [6, 6.07) is 3.98. The number of hydrogen-bond donors (Lipinski definition) is 0. The van der Waals surface area contributed by atoms with Crippen molar-refractivity contribution in [1.29, 1.82) is 0 Å². The van der Waals surface area contributed by atoms with E-state index in [1.165, 1.54) is 76.3 Å². The first-order chi connectivity index (χ1) is 13.2. The van der Waals surface area contributed by atoms with Crippen molar-refractivity contribution in [3.63, 3.8) is 0 Å². The van der Waals surface area contributed by atoms with Gasteiger partial charge in [-0.15, -0.1) is 0 Å². The summed E-state index contributed by atoms with van der Waals surface area (Å²) in [5.41, 5.74) is 0.774. The molecule has 1 fully saturated rings. The standard InChI is InChI=1S/C25H34F2/c1-2-3-4-5-6-9-19-12-14-20(15-13-19)24-10-7-8-11-25(24)21-16-22(26)18-23(27)17-21/h7-8,10-11,16-20,24-25H,2-6,9,12-15H2,1H3. The highest BCUT2D eigenvalue weighted by atomic mass is 19.1. The predicted molar refractivity (Wildman–Crippen MR) is 110 cm³/mol. The van der Waals surface area contributed by atoms with Gasteiger partial charge in [0.05, 0.1) is 0 Å². The molecule has 0 heterocycles. The molecule has 0 aliphatic heterocycles. The third kappa shape index (κ3) is 5.77. The molecule has 2 atom stereocenters. The number of unbranched alkanes of at least 4 members (excludes halogenated alkanes) is 4. The van der Waals surface area contributed by atoms with Gasteiger partial charge in [0, 0.05) is 12.0 Å². The molecule has 0 spiro atoms. The van der Waals surface area contributed by atoms with E-state index in [9.17, 15) is 8.78 Å². The van der Waals surface area contributed by atoms with Gasteiger partial charge in [0.2, 0.25) is 0 Å². The number of halogens is 2. The molecule has 0 bridgehead atoms. The quantitative estimate of drug-likeness (QED) is 0.406. The minimum absolute atomic E-state index is 0.0933. The lowest BCUT2D eigenvalue weighted by Crippen LogP contribution is -2.25. The lowest BCUT2D eigenvalue weighted by atomic mass is 9.68. The minimum Gasteiger partial charge on any atom is -0.207 e. The summed E-state index contributed by atoms with van der Waals surface area (Å²) >= 11 is 0. The Kier molecular flexibility index (Phi) is 7.67. The molecule has 148 valence electrons. The fourth-order valence-corrected chi connectivity index (χ4v) is 5.07. The maximum Gasteiger partial charge on any atom is 0.126 e. The molecule has 0 saturated heterocycles. The molecule has 0 N–H and O–H groups in total. The zero-order chi connectivity index (χ0) is 19.1. The van der Waals surface area contributed by atoms with Crippen molar-refractivity contribution >= 4 is 0 Å². The van der Waals surface area contributed by atoms with Crippen LogP contribution in [0, 0.1) is 29.4 Å². The summed E-state index contributed by atoms with van der Waals surface area (Å²) in [5, 5.41) is 0. The van der Waals surface area contributed by atoms with Gasteiger partial charge in [0.1, 0.15) is 11.6 Å². The molecule has 2 heteroatoms. The Morgan fingerprint density at radius 1 is 0.815 bits per heavy atom. The number of benzene rings is 1. The predicted octanol–water partition coefficient (Wildman–Crippen LogP) is 7.96. The van der Waals surface area contributed by atoms with Gasteiger partial charge in [-0.3, -0.25) is 0 Å². The highest BCUT2D eigenvalue weighted by Crippen LogP contribution is 2.43. The smallest absolute Gasteiger partial charge is 0.126 e. The van der Waals surface area contributed by atoms with Crippen molar-refractivity contribution in [3.05, 3.63) is 59.7 Å². The molecule has 0 nitrogen and oxygen atoms in total. The first kappa shape index (κ1) is 20.3. The highest BCUT2D eigenvalue weighted by molar-refractivity contribution is 5.32. The molecule has 1 aromatic carbocycles. The molecule has 1 saturated carbocycles. The molecule has 2 aliphatic rings. The molecule has 27 heavy (non-hydrogen) atoms. The van der Waals surface area contributed by atoms with Gasteiger partial charge in [-0.05, 0) is 48.3 Å². The van der Waals surface area contributed by atoms with E-state index in [2.05, 4.69) is 25.2 Å². The number of rotatable bonds is 8. The Morgan fingerprint density at radius 2 is 1.48 bits per heavy atom. The fourth-order valence-electron chi connectivity index (χ4n) is 5.07. The lowest BCUT2D eigenvalue weighted by Gasteiger charge is -2.37. The van der Waals surface area contributed by atoms with Crippen LogP contribution >= 0.6 is 0 Å². The van der Waals surface area contributed by atoms with Crippen molar-refractivity contribution in [3.8, 4) is 0 Å². The van der Waals surface area contributed by atoms with Gasteiger partial charge in [-0.2, -0.15) is 0 Å². The Morgan fingerprint density at radius 3 is 2.19 bits per heavy atom. The van der Waals surface area contributed by atoms with Crippen LogP contribution in [0.5, 0.6) is 0 Å². The van der Waals surface area contributed by atoms with Crippen LogP contribution in [0.4, 0.5) is 8.78 Å². The Balaban J connectivity index is 1.54. The third-order valence-electron chi connectivity index (χ3n) is 6.60. The summed E-state index contributed by atoms with van der Waals surface area (Å²) in [6.07, 6.45) is 21.9. The average molecular weight is 373 g/mol. The molecule has 0 aromatic heterocycles. The molecule has 2 unspecified atom stereocenters. The zero-order valence-corrected chi connectivity index (χ0v) is 16.7. The normalized spacial score (nSPS) is 27.8. The van der Waals surface area contributed by atoms with Crippen molar-refractivity contribution in [1.82, 2.24) is 0 Å². The van der Waals surface area contributed by atoms with Crippen molar-refractivity contribution in [2.45, 2.75) is 77.0 Å². The summed E-state index contributed by atoms with van der Waals surface area (Å²) < 4.78 is 27.4. The van der Waals surface area contributed by atoms with E-state index in [-0.39, 0.29) is 5.92 Å². The Bertz CT molecular complexity index is 617. The second-order valence-corrected chi connectivity index (χ2v) is 8.56. The van der Waals surface area contributed by atoms with Crippen LogP contribution in [0.2, 0.25) is 0 Å². The molecule has 0 amide bonds. The summed E-state index contributed by atoms with van der Waals surface area (Å²) in [7, 11) is 0. The largest absolute Gasteiger partial charge is 0.207 e. The van der Waals surface area contributed by atoms with Crippen LogP contribution < -0.4 is 0 Å². The molecule has 2 aliphatic carbocycles. The average Bonchev–Trinajstić information content (AvgIpc) is 2.68. The minimum atomic E-state index is -0.474. The Labute approximate surface area is 163 Å². The van der Waals surface area contributed by atoms with E-state index < -0.39 is 11.6 Å². The first-order valence-corrected chi connectivity index (χ1v) is 11.0. The fraction of sp³-hybridized carbons (Fsp3) is 0.600.